The van der Waals surface area contributed by atoms with Gasteiger partial charge in [0, 0.05) is 4.70 Å². The van der Waals surface area contributed by atoms with Gasteiger partial charge in [-0.3, -0.25) is 0 Å². The fraction of sp³-hybridized carbons (Fsp3) is 0.273. The number of rotatable bonds is 1. The van der Waals surface area contributed by atoms with Gasteiger partial charge in [-0.05, 0) is 52.4 Å². The van der Waals surface area contributed by atoms with Crippen LogP contribution in [0.2, 0.25) is 0 Å². The third-order valence-electron chi connectivity index (χ3n) is 2.37. The number of fused-ring (bicyclic) bond motifs is 1. The highest BCUT2D eigenvalue weighted by atomic mass is 127. The van der Waals surface area contributed by atoms with Gasteiger partial charge in [0.05, 0.1) is 2.88 Å². The Kier molecular flexibility index (Phi) is 2.60. The Morgan fingerprint density at radius 2 is 2.15 bits per heavy atom. The summed E-state index contributed by atoms with van der Waals surface area (Å²) in [6, 6.07) is 6.62. The van der Waals surface area contributed by atoms with Crippen molar-refractivity contribution in [2.75, 3.05) is 0 Å². The Morgan fingerprint density at radius 3 is 2.85 bits per heavy atom. The average molecular weight is 302 g/mol. The highest BCUT2D eigenvalue weighted by molar-refractivity contribution is 14.1. The molecule has 0 fully saturated rings. The second-order valence-corrected chi connectivity index (χ2v) is 5.98. The zero-order valence-electron chi connectivity index (χ0n) is 7.73. The molecule has 0 spiro atoms. The zero-order valence-corrected chi connectivity index (χ0v) is 10.7. The van der Waals surface area contributed by atoms with Crippen LogP contribution in [-0.2, 0) is 6.42 Å². The smallest absolute Gasteiger partial charge is 0.0695 e. The molecule has 0 aliphatic carbocycles. The van der Waals surface area contributed by atoms with Crippen LogP contribution in [0.5, 0.6) is 0 Å². The first kappa shape index (κ1) is 9.46. The minimum Gasteiger partial charge on any atom is -0.129 e. The van der Waals surface area contributed by atoms with Crippen LogP contribution in [0.3, 0.4) is 0 Å². The Morgan fingerprint density at radius 1 is 1.38 bits per heavy atom. The molecule has 13 heavy (non-hydrogen) atoms. The van der Waals surface area contributed by atoms with Gasteiger partial charge < -0.3 is 0 Å². The van der Waals surface area contributed by atoms with E-state index in [0.717, 1.165) is 6.42 Å². The number of thiophene rings is 1. The van der Waals surface area contributed by atoms with Crippen molar-refractivity contribution in [3.05, 3.63) is 32.2 Å². The molecule has 2 heteroatoms. The van der Waals surface area contributed by atoms with E-state index in [1.165, 1.54) is 24.1 Å². The predicted octanol–water partition coefficient (Wildman–Crippen LogP) is 4.38. The quantitative estimate of drug-likeness (QED) is 0.686. The molecule has 2 rings (SSSR count). The summed E-state index contributed by atoms with van der Waals surface area (Å²) in [5, 5.41) is 1.44. The molecule has 0 radical (unpaired) electrons. The summed E-state index contributed by atoms with van der Waals surface area (Å²) in [7, 11) is 0. The van der Waals surface area contributed by atoms with Crippen LogP contribution in [-0.4, -0.2) is 0 Å². The van der Waals surface area contributed by atoms with E-state index in [2.05, 4.69) is 54.6 Å². The molecule has 1 aromatic carbocycles. The highest BCUT2D eigenvalue weighted by Gasteiger charge is 2.07. The average Bonchev–Trinajstić information content (AvgIpc) is 2.43. The number of halogens is 1. The van der Waals surface area contributed by atoms with E-state index in [1.807, 2.05) is 11.3 Å². The lowest BCUT2D eigenvalue weighted by Crippen LogP contribution is -1.78. The minimum atomic E-state index is 1.13. The minimum absolute atomic E-state index is 1.13. The first-order chi connectivity index (χ1) is 6.24. The van der Waals surface area contributed by atoms with Gasteiger partial charge in [-0.2, -0.15) is 0 Å². The molecule has 0 aliphatic heterocycles. The van der Waals surface area contributed by atoms with Crippen LogP contribution in [0, 0.1) is 9.81 Å². The topological polar surface area (TPSA) is 0 Å². The summed E-state index contributed by atoms with van der Waals surface area (Å²) in [5.41, 5.74) is 2.92. The second-order valence-electron chi connectivity index (χ2n) is 3.15. The summed E-state index contributed by atoms with van der Waals surface area (Å²) >= 11 is 4.35. The van der Waals surface area contributed by atoms with E-state index >= 15 is 0 Å². The standard InChI is InChI=1S/C11H11IS/c1-3-8-5-4-6-9-7(2)11(12)13-10(8)9/h4-6H,3H2,1-2H3. The third-order valence-corrected chi connectivity index (χ3v) is 5.01. The van der Waals surface area contributed by atoms with Crippen LogP contribution in [0.25, 0.3) is 10.1 Å². The van der Waals surface area contributed by atoms with Crippen LogP contribution in [0.4, 0.5) is 0 Å². The van der Waals surface area contributed by atoms with Gasteiger partial charge in [0.2, 0.25) is 0 Å². The molecule has 0 bridgehead atoms. The van der Waals surface area contributed by atoms with E-state index in [9.17, 15) is 0 Å². The van der Waals surface area contributed by atoms with Crippen molar-refractivity contribution >= 4 is 44.0 Å². The van der Waals surface area contributed by atoms with Crippen molar-refractivity contribution in [1.29, 1.82) is 0 Å². The Labute approximate surface area is 96.1 Å². The van der Waals surface area contributed by atoms with Gasteiger partial charge in [-0.25, -0.2) is 0 Å². The summed E-state index contributed by atoms with van der Waals surface area (Å²) in [6.45, 7) is 4.43. The largest absolute Gasteiger partial charge is 0.129 e. The lowest BCUT2D eigenvalue weighted by Gasteiger charge is -1.97. The molecule has 2 aromatic rings. The van der Waals surface area contributed by atoms with E-state index < -0.39 is 0 Å². The van der Waals surface area contributed by atoms with Crippen molar-refractivity contribution < 1.29 is 0 Å². The maximum absolute atomic E-state index is 2.43. The van der Waals surface area contributed by atoms with E-state index in [0.29, 0.717) is 0 Å². The fourth-order valence-corrected chi connectivity index (χ4v) is 3.62. The van der Waals surface area contributed by atoms with E-state index in [1.54, 1.807) is 0 Å². The van der Waals surface area contributed by atoms with Gasteiger partial charge in [0.15, 0.2) is 0 Å². The Balaban J connectivity index is 2.84. The van der Waals surface area contributed by atoms with E-state index in [-0.39, 0.29) is 0 Å². The van der Waals surface area contributed by atoms with Gasteiger partial charge in [-0.1, -0.05) is 25.1 Å². The highest BCUT2D eigenvalue weighted by Crippen LogP contribution is 2.34. The molecular formula is C11H11IS. The van der Waals surface area contributed by atoms with Gasteiger partial charge in [0.1, 0.15) is 0 Å². The maximum atomic E-state index is 2.43. The van der Waals surface area contributed by atoms with Crippen LogP contribution in [0.15, 0.2) is 18.2 Å². The molecule has 0 nitrogen and oxygen atoms in total. The fourth-order valence-electron chi connectivity index (χ4n) is 1.55. The van der Waals surface area contributed by atoms with Crippen LogP contribution < -0.4 is 0 Å². The van der Waals surface area contributed by atoms with Gasteiger partial charge >= 0.3 is 0 Å². The monoisotopic (exact) mass is 302 g/mol. The lowest BCUT2D eigenvalue weighted by molar-refractivity contribution is 1.16. The molecule has 0 atom stereocenters. The molecule has 0 unspecified atom stereocenters. The van der Waals surface area contributed by atoms with Crippen molar-refractivity contribution in [3.8, 4) is 0 Å². The molecule has 1 aromatic heterocycles. The number of hydrogen-bond donors (Lipinski definition) is 0. The number of hydrogen-bond acceptors (Lipinski definition) is 1. The zero-order chi connectivity index (χ0) is 9.42. The SMILES string of the molecule is CCc1cccc2c(C)c(I)sc12. The molecule has 0 saturated heterocycles. The van der Waals surface area contributed by atoms with Crippen molar-refractivity contribution in [3.63, 3.8) is 0 Å². The second kappa shape index (κ2) is 3.58. The van der Waals surface area contributed by atoms with Crippen molar-refractivity contribution in [1.82, 2.24) is 0 Å². The molecule has 0 aliphatic rings. The summed E-state index contributed by atoms with van der Waals surface area (Å²) in [4.78, 5) is 0. The molecule has 0 saturated carbocycles. The van der Waals surface area contributed by atoms with E-state index in [4.69, 9.17) is 0 Å². The molecular weight excluding hydrogens is 291 g/mol. The lowest BCUT2D eigenvalue weighted by atomic mass is 10.1. The third kappa shape index (κ3) is 1.50. The first-order valence-corrected chi connectivity index (χ1v) is 6.30. The Hall–Kier alpha value is -0.0900. The molecule has 1 heterocycles. The van der Waals surface area contributed by atoms with Crippen molar-refractivity contribution in [2.24, 2.45) is 0 Å². The van der Waals surface area contributed by atoms with Gasteiger partial charge in [-0.15, -0.1) is 11.3 Å². The molecule has 68 valence electrons. The van der Waals surface area contributed by atoms with Crippen molar-refractivity contribution in [2.45, 2.75) is 20.3 Å². The number of benzene rings is 1. The molecule has 0 amide bonds. The summed E-state index contributed by atoms with van der Waals surface area (Å²) in [5.74, 6) is 0. The van der Waals surface area contributed by atoms with Crippen LogP contribution >= 0.6 is 33.9 Å². The normalized spacial score (nSPS) is 11.0. The Bertz CT molecular complexity index is 443. The summed E-state index contributed by atoms with van der Waals surface area (Å²) < 4.78 is 2.90. The molecule has 0 N–H and O–H groups in total. The van der Waals surface area contributed by atoms with Crippen LogP contribution in [0.1, 0.15) is 18.1 Å². The summed E-state index contributed by atoms with van der Waals surface area (Å²) in [6.07, 6.45) is 1.13. The first-order valence-electron chi connectivity index (χ1n) is 4.40. The van der Waals surface area contributed by atoms with Gasteiger partial charge in [0.25, 0.3) is 0 Å². The number of aryl methyl sites for hydroxylation is 2. The maximum Gasteiger partial charge on any atom is 0.0695 e. The predicted molar refractivity (Wildman–Crippen MR) is 68.7 cm³/mol.